The fraction of sp³-hybridized carbons (Fsp3) is 0.526. The van der Waals surface area contributed by atoms with Crippen LogP contribution in [0.3, 0.4) is 0 Å². The maximum absolute atomic E-state index is 11.9. The molecule has 5 heteroatoms. The molecule has 3 rings (SSSR count). The summed E-state index contributed by atoms with van der Waals surface area (Å²) in [7, 11) is 0. The number of nitrogens with one attached hydrogen (secondary N) is 1. The van der Waals surface area contributed by atoms with Gasteiger partial charge in [0.15, 0.2) is 11.5 Å². The van der Waals surface area contributed by atoms with Crippen LogP contribution in [0.25, 0.3) is 0 Å². The summed E-state index contributed by atoms with van der Waals surface area (Å²) in [5.74, 6) is 1.89. The predicted octanol–water partition coefficient (Wildman–Crippen LogP) is 2.36. The molecule has 0 spiro atoms. The smallest absolute Gasteiger partial charge is 0.243 e. The largest absolute Gasteiger partial charge is 0.454 e. The molecular weight excluding hydrogens is 304 g/mol. The number of likely N-dealkylation sites (tertiary alicyclic amines) is 1. The highest BCUT2D eigenvalue weighted by Crippen LogP contribution is 2.33. The summed E-state index contributed by atoms with van der Waals surface area (Å²) in [6.45, 7) is 6.41. The van der Waals surface area contributed by atoms with Crippen molar-refractivity contribution in [2.75, 3.05) is 33.0 Å². The molecule has 2 aliphatic heterocycles. The van der Waals surface area contributed by atoms with Gasteiger partial charge in [0.05, 0.1) is 0 Å². The maximum atomic E-state index is 11.9. The lowest BCUT2D eigenvalue weighted by atomic mass is 10.0. The Balaban J connectivity index is 1.39. The van der Waals surface area contributed by atoms with Gasteiger partial charge >= 0.3 is 0 Å². The number of ether oxygens (including phenoxy) is 2. The van der Waals surface area contributed by atoms with Gasteiger partial charge in [0.25, 0.3) is 0 Å². The molecule has 0 saturated carbocycles. The molecular formula is C19H26N2O3. The Hall–Kier alpha value is -2.01. The van der Waals surface area contributed by atoms with Crippen molar-refractivity contribution in [1.29, 1.82) is 0 Å². The Labute approximate surface area is 143 Å². The van der Waals surface area contributed by atoms with Crippen LogP contribution in [0.5, 0.6) is 11.5 Å². The molecule has 1 N–H and O–H groups in total. The van der Waals surface area contributed by atoms with E-state index in [0.29, 0.717) is 6.79 Å². The minimum Gasteiger partial charge on any atom is -0.454 e. The molecule has 130 valence electrons. The van der Waals surface area contributed by atoms with Crippen molar-refractivity contribution in [2.24, 2.45) is 5.92 Å². The summed E-state index contributed by atoms with van der Waals surface area (Å²) in [4.78, 5) is 14.3. The molecule has 1 atom stereocenters. The van der Waals surface area contributed by atoms with Gasteiger partial charge in [0, 0.05) is 13.1 Å². The zero-order valence-corrected chi connectivity index (χ0v) is 14.3. The number of hydrogen-bond acceptors (Lipinski definition) is 4. The molecule has 1 unspecified atom stereocenters. The predicted molar refractivity (Wildman–Crippen MR) is 93.3 cm³/mol. The SMILES string of the molecule is CC(C=CC(=O)NCCN1CCCC1)Cc1ccc2c(c1)OCO2. The van der Waals surface area contributed by atoms with E-state index in [9.17, 15) is 4.79 Å². The van der Waals surface area contributed by atoms with E-state index in [2.05, 4.69) is 17.1 Å². The van der Waals surface area contributed by atoms with Crippen LogP contribution < -0.4 is 14.8 Å². The first-order valence-corrected chi connectivity index (χ1v) is 8.77. The van der Waals surface area contributed by atoms with Crippen molar-refractivity contribution in [3.8, 4) is 11.5 Å². The summed E-state index contributed by atoms with van der Waals surface area (Å²) in [6.07, 6.45) is 7.06. The zero-order chi connectivity index (χ0) is 16.8. The number of hydrogen-bond donors (Lipinski definition) is 1. The van der Waals surface area contributed by atoms with Crippen molar-refractivity contribution >= 4 is 5.91 Å². The number of fused-ring (bicyclic) bond motifs is 1. The number of rotatable bonds is 7. The lowest BCUT2D eigenvalue weighted by Gasteiger charge is -2.14. The highest BCUT2D eigenvalue weighted by molar-refractivity contribution is 5.87. The average molecular weight is 330 g/mol. The van der Waals surface area contributed by atoms with Crippen molar-refractivity contribution in [1.82, 2.24) is 10.2 Å². The molecule has 1 amide bonds. The number of allylic oxidation sites excluding steroid dienone is 1. The van der Waals surface area contributed by atoms with Crippen molar-refractivity contribution in [3.63, 3.8) is 0 Å². The maximum Gasteiger partial charge on any atom is 0.243 e. The van der Waals surface area contributed by atoms with Crippen LogP contribution in [0.1, 0.15) is 25.3 Å². The molecule has 2 heterocycles. The number of nitrogens with zero attached hydrogens (tertiary/aromatic N) is 1. The summed E-state index contributed by atoms with van der Waals surface area (Å²) < 4.78 is 10.7. The number of carbonyl (C=O) groups excluding carboxylic acids is 1. The van der Waals surface area contributed by atoms with E-state index in [1.54, 1.807) is 6.08 Å². The second-order valence-corrected chi connectivity index (χ2v) is 6.57. The minimum absolute atomic E-state index is 0.00765. The fourth-order valence-electron chi connectivity index (χ4n) is 3.16. The van der Waals surface area contributed by atoms with Gasteiger partial charge in [-0.1, -0.05) is 19.1 Å². The first-order chi connectivity index (χ1) is 11.7. The molecule has 0 radical (unpaired) electrons. The van der Waals surface area contributed by atoms with Crippen LogP contribution in [-0.2, 0) is 11.2 Å². The van der Waals surface area contributed by atoms with Gasteiger partial charge in [-0.05, 0) is 62.0 Å². The Morgan fingerprint density at radius 1 is 1.29 bits per heavy atom. The zero-order valence-electron chi connectivity index (χ0n) is 14.3. The second-order valence-electron chi connectivity index (χ2n) is 6.57. The summed E-state index contributed by atoms with van der Waals surface area (Å²) >= 11 is 0. The van der Waals surface area contributed by atoms with Crippen LogP contribution in [0.2, 0.25) is 0 Å². The number of amides is 1. The van der Waals surface area contributed by atoms with Crippen LogP contribution in [-0.4, -0.2) is 43.8 Å². The molecule has 0 aliphatic carbocycles. The van der Waals surface area contributed by atoms with E-state index in [1.165, 1.54) is 18.4 Å². The fourth-order valence-corrected chi connectivity index (χ4v) is 3.16. The third-order valence-corrected chi connectivity index (χ3v) is 4.50. The Morgan fingerprint density at radius 3 is 2.92 bits per heavy atom. The van der Waals surface area contributed by atoms with E-state index in [0.717, 1.165) is 44.1 Å². The first-order valence-electron chi connectivity index (χ1n) is 8.77. The average Bonchev–Trinajstić information content (AvgIpc) is 3.24. The highest BCUT2D eigenvalue weighted by Gasteiger charge is 2.14. The van der Waals surface area contributed by atoms with E-state index < -0.39 is 0 Å². The van der Waals surface area contributed by atoms with E-state index >= 15 is 0 Å². The van der Waals surface area contributed by atoms with E-state index in [1.807, 2.05) is 24.3 Å². The topological polar surface area (TPSA) is 50.8 Å². The Morgan fingerprint density at radius 2 is 2.08 bits per heavy atom. The Bertz CT molecular complexity index is 594. The van der Waals surface area contributed by atoms with E-state index in [4.69, 9.17) is 9.47 Å². The lowest BCUT2D eigenvalue weighted by molar-refractivity contribution is -0.116. The van der Waals surface area contributed by atoms with Crippen molar-refractivity contribution < 1.29 is 14.3 Å². The van der Waals surface area contributed by atoms with Gasteiger partial charge in [0.1, 0.15) is 0 Å². The summed E-state index contributed by atoms with van der Waals surface area (Å²) in [5, 5.41) is 2.96. The van der Waals surface area contributed by atoms with Crippen molar-refractivity contribution in [2.45, 2.75) is 26.2 Å². The van der Waals surface area contributed by atoms with Crippen molar-refractivity contribution in [3.05, 3.63) is 35.9 Å². The molecule has 1 fully saturated rings. The molecule has 2 aliphatic rings. The van der Waals surface area contributed by atoms with E-state index in [-0.39, 0.29) is 11.8 Å². The van der Waals surface area contributed by atoms with Gasteiger partial charge in [-0.2, -0.15) is 0 Å². The van der Waals surface area contributed by atoms with Crippen LogP contribution >= 0.6 is 0 Å². The molecule has 5 nitrogen and oxygen atoms in total. The first kappa shape index (κ1) is 16.8. The standard InChI is InChI=1S/C19H26N2O3/c1-15(12-16-5-6-17-18(13-16)24-14-23-17)4-7-19(22)20-8-11-21-9-2-3-10-21/h4-7,13,15H,2-3,8-12,14H2,1H3,(H,20,22). The van der Waals surface area contributed by atoms with Gasteiger partial charge < -0.3 is 19.7 Å². The molecule has 0 bridgehead atoms. The normalized spacial score (nSPS) is 18.2. The molecule has 24 heavy (non-hydrogen) atoms. The monoisotopic (exact) mass is 330 g/mol. The quantitative estimate of drug-likeness (QED) is 0.780. The number of carbonyl (C=O) groups is 1. The van der Waals surface area contributed by atoms with Gasteiger partial charge in [-0.25, -0.2) is 0 Å². The third kappa shape index (κ3) is 4.74. The van der Waals surface area contributed by atoms with Gasteiger partial charge in [-0.15, -0.1) is 0 Å². The summed E-state index contributed by atoms with van der Waals surface area (Å²) in [5.41, 5.74) is 1.19. The van der Waals surface area contributed by atoms with Crippen LogP contribution in [0.15, 0.2) is 30.4 Å². The molecule has 0 aromatic heterocycles. The highest BCUT2D eigenvalue weighted by atomic mass is 16.7. The molecule has 1 saturated heterocycles. The van der Waals surface area contributed by atoms with Crippen LogP contribution in [0, 0.1) is 5.92 Å². The lowest BCUT2D eigenvalue weighted by Crippen LogP contribution is -2.32. The number of benzene rings is 1. The Kier molecular flexibility index (Phi) is 5.75. The third-order valence-electron chi connectivity index (χ3n) is 4.50. The summed E-state index contributed by atoms with van der Waals surface area (Å²) in [6, 6.07) is 6.01. The minimum atomic E-state index is -0.00765. The van der Waals surface area contributed by atoms with Gasteiger partial charge in [0.2, 0.25) is 12.7 Å². The second kappa shape index (κ2) is 8.20. The van der Waals surface area contributed by atoms with Gasteiger partial charge in [-0.3, -0.25) is 4.79 Å². The van der Waals surface area contributed by atoms with Crippen LogP contribution in [0.4, 0.5) is 0 Å². The molecule has 1 aromatic carbocycles. The molecule has 1 aromatic rings.